The number of rotatable bonds is 6. The molecule has 4 nitrogen and oxygen atoms in total. The highest BCUT2D eigenvalue weighted by Crippen LogP contribution is 2.26. The van der Waals surface area contributed by atoms with Crippen LogP contribution in [0.2, 0.25) is 0 Å². The van der Waals surface area contributed by atoms with Crippen LogP contribution in [0.5, 0.6) is 0 Å². The zero-order chi connectivity index (χ0) is 13.7. The maximum Gasteiger partial charge on any atom is 0.131 e. The van der Waals surface area contributed by atoms with Crippen LogP contribution in [0.15, 0.2) is 46.2 Å². The van der Waals surface area contributed by atoms with Gasteiger partial charge in [0.1, 0.15) is 25.1 Å². The summed E-state index contributed by atoms with van der Waals surface area (Å²) in [6.45, 7) is 2.79. The molecule has 5 heteroatoms. The van der Waals surface area contributed by atoms with Crippen molar-refractivity contribution < 1.29 is 13.7 Å². The van der Waals surface area contributed by atoms with Crippen molar-refractivity contribution in [3.05, 3.63) is 42.3 Å². The summed E-state index contributed by atoms with van der Waals surface area (Å²) in [6.07, 6.45) is 2.77. The zero-order valence-corrected chi connectivity index (χ0v) is 10.6. The van der Waals surface area contributed by atoms with Crippen LogP contribution < -0.4 is 0 Å². The second-order valence-corrected chi connectivity index (χ2v) is 4.10. The summed E-state index contributed by atoms with van der Waals surface area (Å²) in [6, 6.07) is 6.99. The molecule has 2 aromatic rings. The fraction of sp³-hybridized carbons (Fsp3) is 0.286. The van der Waals surface area contributed by atoms with E-state index in [0.717, 1.165) is 16.7 Å². The van der Waals surface area contributed by atoms with Gasteiger partial charge in [0.05, 0.1) is 6.20 Å². The van der Waals surface area contributed by atoms with E-state index in [-0.39, 0.29) is 0 Å². The Balaban J connectivity index is 2.23. The summed E-state index contributed by atoms with van der Waals surface area (Å²) in [4.78, 5) is 3.75. The predicted molar refractivity (Wildman–Crippen MR) is 71.0 cm³/mol. The Morgan fingerprint density at radius 2 is 2.11 bits per heavy atom. The first-order valence-corrected chi connectivity index (χ1v) is 5.84. The van der Waals surface area contributed by atoms with Crippen molar-refractivity contribution in [3.63, 3.8) is 0 Å². The molecule has 0 saturated carbocycles. The maximum atomic E-state index is 12.8. The minimum absolute atomic E-state index is 0.431. The van der Waals surface area contributed by atoms with Gasteiger partial charge in [-0.2, -0.15) is 0 Å². The monoisotopic (exact) mass is 262 g/mol. The lowest BCUT2D eigenvalue weighted by atomic mass is 10.0. The number of aliphatic imine (C=N–C) groups is 1. The standard InChI is InChI=1S/C14H15FN2O2/c1-16-13(7-15)14(18-2)11-5-3-10(4-6-11)12-8-17-19-9-12/h3-6,8-9,13-14H,1,7H2,2H3/t13-,14-/m1/s1. The van der Waals surface area contributed by atoms with Gasteiger partial charge in [-0.3, -0.25) is 4.99 Å². The molecular formula is C14H15FN2O2. The smallest absolute Gasteiger partial charge is 0.131 e. The van der Waals surface area contributed by atoms with E-state index in [1.54, 1.807) is 12.5 Å². The number of nitrogens with zero attached hydrogens (tertiary/aromatic N) is 2. The van der Waals surface area contributed by atoms with Gasteiger partial charge in [-0.1, -0.05) is 29.4 Å². The highest BCUT2D eigenvalue weighted by molar-refractivity contribution is 5.61. The van der Waals surface area contributed by atoms with Gasteiger partial charge in [0.15, 0.2) is 0 Å². The highest BCUT2D eigenvalue weighted by Gasteiger charge is 2.21. The Morgan fingerprint density at radius 1 is 1.37 bits per heavy atom. The number of hydrogen-bond donors (Lipinski definition) is 0. The summed E-state index contributed by atoms with van der Waals surface area (Å²) in [7, 11) is 1.53. The molecule has 0 saturated heterocycles. The number of benzene rings is 1. The van der Waals surface area contributed by atoms with Crippen molar-refractivity contribution in [2.45, 2.75) is 12.1 Å². The molecule has 0 fully saturated rings. The molecule has 0 amide bonds. The van der Waals surface area contributed by atoms with Gasteiger partial charge in [-0.05, 0) is 17.8 Å². The summed E-state index contributed by atoms with van der Waals surface area (Å²) in [5.41, 5.74) is 2.73. The zero-order valence-electron chi connectivity index (χ0n) is 10.6. The van der Waals surface area contributed by atoms with Gasteiger partial charge in [0.2, 0.25) is 0 Å². The Bertz CT molecular complexity index is 511. The third-order valence-electron chi connectivity index (χ3n) is 3.00. The normalized spacial score (nSPS) is 14.0. The minimum atomic E-state index is -0.602. The average Bonchev–Trinajstić information content (AvgIpc) is 2.99. The van der Waals surface area contributed by atoms with Crippen molar-refractivity contribution in [3.8, 4) is 11.1 Å². The number of methoxy groups -OCH3 is 1. The summed E-state index contributed by atoms with van der Waals surface area (Å²) in [5, 5.41) is 3.65. The fourth-order valence-corrected chi connectivity index (χ4v) is 1.95. The van der Waals surface area contributed by atoms with Crippen LogP contribution >= 0.6 is 0 Å². The summed E-state index contributed by atoms with van der Waals surface area (Å²) in [5.74, 6) is 0. The average molecular weight is 262 g/mol. The lowest BCUT2D eigenvalue weighted by Gasteiger charge is -2.20. The summed E-state index contributed by atoms with van der Waals surface area (Å²) >= 11 is 0. The predicted octanol–water partition coefficient (Wildman–Crippen LogP) is 3.07. The van der Waals surface area contributed by atoms with Crippen molar-refractivity contribution in [1.82, 2.24) is 5.16 Å². The van der Waals surface area contributed by atoms with Crippen LogP contribution in [0.25, 0.3) is 11.1 Å². The number of ether oxygens (including phenoxy) is 1. The van der Waals surface area contributed by atoms with Gasteiger partial charge in [0.25, 0.3) is 0 Å². The van der Waals surface area contributed by atoms with Crippen molar-refractivity contribution >= 4 is 6.72 Å². The molecule has 0 aliphatic rings. The second-order valence-electron chi connectivity index (χ2n) is 4.10. The fourth-order valence-electron chi connectivity index (χ4n) is 1.95. The van der Waals surface area contributed by atoms with E-state index in [1.165, 1.54) is 7.11 Å². The minimum Gasteiger partial charge on any atom is -0.374 e. The lowest BCUT2D eigenvalue weighted by Crippen LogP contribution is -2.20. The van der Waals surface area contributed by atoms with Crippen LogP contribution in [-0.4, -0.2) is 31.7 Å². The van der Waals surface area contributed by atoms with E-state index >= 15 is 0 Å². The number of hydrogen-bond acceptors (Lipinski definition) is 4. The van der Waals surface area contributed by atoms with E-state index in [4.69, 9.17) is 9.26 Å². The Kier molecular flexibility index (Phi) is 4.41. The molecule has 0 spiro atoms. The quantitative estimate of drug-likeness (QED) is 0.752. The first kappa shape index (κ1) is 13.4. The van der Waals surface area contributed by atoms with E-state index < -0.39 is 18.8 Å². The topological polar surface area (TPSA) is 47.6 Å². The van der Waals surface area contributed by atoms with Gasteiger partial charge in [-0.25, -0.2) is 4.39 Å². The molecule has 2 rings (SSSR count). The van der Waals surface area contributed by atoms with Crippen LogP contribution in [0.4, 0.5) is 4.39 Å². The van der Waals surface area contributed by atoms with E-state index in [2.05, 4.69) is 16.9 Å². The van der Waals surface area contributed by atoms with E-state index in [9.17, 15) is 4.39 Å². The third-order valence-corrected chi connectivity index (χ3v) is 3.00. The molecule has 19 heavy (non-hydrogen) atoms. The highest BCUT2D eigenvalue weighted by atomic mass is 19.1. The number of alkyl halides is 1. The van der Waals surface area contributed by atoms with E-state index in [1.807, 2.05) is 24.3 Å². The van der Waals surface area contributed by atoms with Crippen molar-refractivity contribution in [2.75, 3.05) is 13.8 Å². The first-order valence-electron chi connectivity index (χ1n) is 5.84. The molecule has 2 atom stereocenters. The van der Waals surface area contributed by atoms with Gasteiger partial charge < -0.3 is 9.26 Å². The molecule has 0 bridgehead atoms. The molecule has 0 aliphatic carbocycles. The van der Waals surface area contributed by atoms with Crippen LogP contribution in [-0.2, 0) is 4.74 Å². The Labute approximate surface area is 110 Å². The van der Waals surface area contributed by atoms with E-state index in [0.29, 0.717) is 0 Å². The SMILES string of the molecule is C=N[C@H](CF)[C@H](OC)c1ccc(-c2cnoc2)cc1. The molecule has 1 heterocycles. The third kappa shape index (κ3) is 2.88. The van der Waals surface area contributed by atoms with Crippen LogP contribution in [0.1, 0.15) is 11.7 Å². The Hall–Kier alpha value is -2.01. The molecule has 100 valence electrons. The molecule has 1 aromatic heterocycles. The first-order chi connectivity index (χ1) is 9.30. The van der Waals surface area contributed by atoms with Crippen LogP contribution in [0, 0.1) is 0 Å². The van der Waals surface area contributed by atoms with Crippen LogP contribution in [0.3, 0.4) is 0 Å². The molecule has 0 radical (unpaired) electrons. The molecule has 1 aromatic carbocycles. The second kappa shape index (κ2) is 6.24. The Morgan fingerprint density at radius 3 is 2.58 bits per heavy atom. The molecule has 0 N–H and O–H groups in total. The van der Waals surface area contributed by atoms with Crippen molar-refractivity contribution in [2.24, 2.45) is 4.99 Å². The summed E-state index contributed by atoms with van der Waals surface area (Å²) < 4.78 is 22.9. The van der Waals surface area contributed by atoms with Gasteiger partial charge in [-0.15, -0.1) is 0 Å². The lowest BCUT2D eigenvalue weighted by molar-refractivity contribution is 0.0732. The maximum absolute atomic E-state index is 12.8. The number of aromatic nitrogens is 1. The number of halogens is 1. The van der Waals surface area contributed by atoms with Gasteiger partial charge in [0, 0.05) is 12.7 Å². The molecule has 0 aliphatic heterocycles. The van der Waals surface area contributed by atoms with Gasteiger partial charge >= 0.3 is 0 Å². The molecule has 0 unspecified atom stereocenters. The van der Waals surface area contributed by atoms with Crippen molar-refractivity contribution in [1.29, 1.82) is 0 Å². The molecular weight excluding hydrogens is 247 g/mol. The largest absolute Gasteiger partial charge is 0.374 e.